The monoisotopic (exact) mass is 406 g/mol. The van der Waals surface area contributed by atoms with E-state index in [4.69, 9.17) is 16.3 Å². The molecule has 8 heteroatoms. The number of anilines is 2. The van der Waals surface area contributed by atoms with E-state index in [1.807, 2.05) is 6.92 Å². The number of halogens is 1. The van der Waals surface area contributed by atoms with Crippen molar-refractivity contribution in [3.05, 3.63) is 53.6 Å². The quantitative estimate of drug-likeness (QED) is 0.826. The van der Waals surface area contributed by atoms with Gasteiger partial charge in [0.05, 0.1) is 12.3 Å². The summed E-state index contributed by atoms with van der Waals surface area (Å²) < 4.78 is 31.6. The van der Waals surface area contributed by atoms with Gasteiger partial charge in [0.25, 0.3) is 0 Å². The van der Waals surface area contributed by atoms with Gasteiger partial charge < -0.3 is 10.1 Å². The number of ether oxygens (including phenoxy) is 1. The van der Waals surface area contributed by atoms with Gasteiger partial charge in [0.1, 0.15) is 5.75 Å². The zero-order valence-corrected chi connectivity index (χ0v) is 16.3. The van der Waals surface area contributed by atoms with Gasteiger partial charge in [0, 0.05) is 23.2 Å². The van der Waals surface area contributed by atoms with Crippen molar-refractivity contribution in [3.63, 3.8) is 0 Å². The normalized spacial score (nSPS) is 25.0. The third kappa shape index (κ3) is 2.85. The second-order valence-corrected chi connectivity index (χ2v) is 9.27. The van der Waals surface area contributed by atoms with Gasteiger partial charge in [-0.2, -0.15) is 0 Å². The molecule has 1 aliphatic carbocycles. The Kier molecular flexibility index (Phi) is 4.31. The highest BCUT2D eigenvalue weighted by Gasteiger charge is 2.75. The van der Waals surface area contributed by atoms with Crippen molar-refractivity contribution in [1.82, 2.24) is 0 Å². The van der Waals surface area contributed by atoms with Crippen LogP contribution in [-0.2, 0) is 14.8 Å². The second-order valence-electron chi connectivity index (χ2n) is 6.71. The van der Waals surface area contributed by atoms with Crippen molar-refractivity contribution in [2.24, 2.45) is 5.92 Å². The van der Waals surface area contributed by atoms with Crippen molar-refractivity contribution < 1.29 is 17.9 Å². The zero-order chi connectivity index (χ0) is 19.2. The van der Waals surface area contributed by atoms with Crippen molar-refractivity contribution in [3.8, 4) is 5.75 Å². The molecule has 2 aliphatic rings. The fourth-order valence-electron chi connectivity index (χ4n) is 3.61. The summed E-state index contributed by atoms with van der Waals surface area (Å²) in [5.41, 5.74) is 1.07. The summed E-state index contributed by atoms with van der Waals surface area (Å²) in [7, 11) is -3.80. The number of nitrogens with zero attached hydrogens (tertiary/aromatic N) is 1. The molecule has 0 radical (unpaired) electrons. The maximum Gasteiger partial charge on any atom is 0.250 e. The topological polar surface area (TPSA) is 75.7 Å². The van der Waals surface area contributed by atoms with Crippen LogP contribution in [0.1, 0.15) is 13.3 Å². The number of carbonyl (C=O) groups excluding carboxylic acids is 1. The molecule has 1 saturated carbocycles. The zero-order valence-electron chi connectivity index (χ0n) is 14.7. The molecule has 2 atom stereocenters. The molecule has 1 aliphatic heterocycles. The Morgan fingerprint density at radius 1 is 1.22 bits per heavy atom. The fraction of sp³-hybridized carbons (Fsp3) is 0.316. The molecule has 2 aromatic carbocycles. The summed E-state index contributed by atoms with van der Waals surface area (Å²) in [5.74, 6) is 0.00867. The van der Waals surface area contributed by atoms with E-state index in [1.54, 1.807) is 48.5 Å². The Labute approximate surface area is 163 Å². The molecule has 0 unspecified atom stereocenters. The number of carbonyl (C=O) groups is 1. The first-order valence-corrected chi connectivity index (χ1v) is 10.5. The van der Waals surface area contributed by atoms with E-state index in [0.29, 0.717) is 41.7 Å². The lowest BCUT2D eigenvalue weighted by atomic mass is 10.2. The summed E-state index contributed by atoms with van der Waals surface area (Å²) in [4.78, 5) is 12.9. The average Bonchev–Trinajstić information content (AvgIpc) is 3.33. The molecule has 142 valence electrons. The minimum Gasteiger partial charge on any atom is -0.494 e. The van der Waals surface area contributed by atoms with Crippen LogP contribution in [0.4, 0.5) is 11.4 Å². The standard InChI is InChI=1S/C19H19ClN2O4S/c1-2-26-17-9-5-15(6-10-17)21-18(23)19-11-13(19)12-22(27(19,24)25)16-7-3-14(20)4-8-16/h3-10,13H,2,11-12H2,1H3,(H,21,23)/t13-,19-/m0/s1. The molecule has 27 heavy (non-hydrogen) atoms. The van der Waals surface area contributed by atoms with Crippen LogP contribution in [0.3, 0.4) is 0 Å². The van der Waals surface area contributed by atoms with Crippen LogP contribution in [-0.4, -0.2) is 32.2 Å². The Morgan fingerprint density at radius 2 is 1.89 bits per heavy atom. The summed E-state index contributed by atoms with van der Waals surface area (Å²) in [6.07, 6.45) is 0.349. The van der Waals surface area contributed by atoms with E-state index >= 15 is 0 Å². The molecule has 1 heterocycles. The van der Waals surface area contributed by atoms with Crippen LogP contribution < -0.4 is 14.4 Å². The number of rotatable bonds is 5. The highest BCUT2D eigenvalue weighted by Crippen LogP contribution is 2.58. The van der Waals surface area contributed by atoms with Crippen molar-refractivity contribution >= 4 is 38.9 Å². The maximum atomic E-state index is 13.1. The van der Waals surface area contributed by atoms with Crippen LogP contribution in [0.25, 0.3) is 0 Å². The molecular formula is C19H19ClN2O4S. The number of benzene rings is 2. The predicted molar refractivity (Wildman–Crippen MR) is 105 cm³/mol. The first-order chi connectivity index (χ1) is 12.9. The Balaban J connectivity index is 1.55. The van der Waals surface area contributed by atoms with E-state index in [2.05, 4.69) is 5.32 Å². The van der Waals surface area contributed by atoms with Crippen molar-refractivity contribution in [2.45, 2.75) is 18.1 Å². The summed E-state index contributed by atoms with van der Waals surface area (Å²) in [6, 6.07) is 13.5. The largest absolute Gasteiger partial charge is 0.494 e. The van der Waals surface area contributed by atoms with Gasteiger partial charge in [0.2, 0.25) is 15.9 Å². The highest BCUT2D eigenvalue weighted by atomic mass is 35.5. The molecule has 0 spiro atoms. The minimum atomic E-state index is -3.80. The Hall–Kier alpha value is -2.25. The Morgan fingerprint density at radius 3 is 2.52 bits per heavy atom. The molecular weight excluding hydrogens is 388 g/mol. The van der Waals surface area contributed by atoms with Gasteiger partial charge in [-0.15, -0.1) is 0 Å². The van der Waals surface area contributed by atoms with Crippen molar-refractivity contribution in [2.75, 3.05) is 22.8 Å². The number of sulfonamides is 1. The molecule has 2 fully saturated rings. The molecule has 0 bridgehead atoms. The van der Waals surface area contributed by atoms with E-state index in [1.165, 1.54) is 4.31 Å². The molecule has 1 saturated heterocycles. The van der Waals surface area contributed by atoms with Gasteiger partial charge in [0.15, 0.2) is 4.75 Å². The average molecular weight is 407 g/mol. The van der Waals surface area contributed by atoms with Crippen molar-refractivity contribution in [1.29, 1.82) is 0 Å². The summed E-state index contributed by atoms with van der Waals surface area (Å²) in [5, 5.41) is 3.28. The van der Waals surface area contributed by atoms with Gasteiger partial charge in [-0.3, -0.25) is 9.10 Å². The molecule has 0 aromatic heterocycles. The SMILES string of the molecule is CCOc1ccc(NC(=O)[C@]23C[C@H]2CN(c2ccc(Cl)cc2)S3(=O)=O)cc1. The molecule has 4 rings (SSSR count). The third-order valence-corrected chi connectivity index (χ3v) is 7.91. The minimum absolute atomic E-state index is 0.208. The van der Waals surface area contributed by atoms with E-state index in [-0.39, 0.29) is 5.92 Å². The van der Waals surface area contributed by atoms with Crippen LogP contribution in [0.15, 0.2) is 48.5 Å². The van der Waals surface area contributed by atoms with Crippen LogP contribution in [0, 0.1) is 5.92 Å². The lowest BCUT2D eigenvalue weighted by molar-refractivity contribution is -0.116. The maximum absolute atomic E-state index is 13.1. The fourth-order valence-corrected chi connectivity index (χ4v) is 6.10. The number of hydrogen-bond donors (Lipinski definition) is 1. The smallest absolute Gasteiger partial charge is 0.250 e. The third-order valence-electron chi connectivity index (χ3n) is 5.11. The second kappa shape index (κ2) is 6.42. The predicted octanol–water partition coefficient (Wildman–Crippen LogP) is 3.29. The summed E-state index contributed by atoms with van der Waals surface area (Å²) >= 11 is 5.88. The Bertz CT molecular complexity index is 976. The van der Waals surface area contributed by atoms with Crippen LogP contribution >= 0.6 is 11.6 Å². The van der Waals surface area contributed by atoms with Gasteiger partial charge in [-0.05, 0) is 61.9 Å². The lowest BCUT2D eigenvalue weighted by Crippen LogP contribution is -2.42. The van der Waals surface area contributed by atoms with Gasteiger partial charge in [-0.25, -0.2) is 8.42 Å². The number of amides is 1. The molecule has 1 amide bonds. The number of hydrogen-bond acceptors (Lipinski definition) is 4. The van der Waals surface area contributed by atoms with Crippen LogP contribution in [0.5, 0.6) is 5.75 Å². The first kappa shape index (κ1) is 18.1. The molecule has 6 nitrogen and oxygen atoms in total. The first-order valence-electron chi connectivity index (χ1n) is 8.70. The summed E-state index contributed by atoms with van der Waals surface area (Å²) in [6.45, 7) is 2.75. The molecule has 1 N–H and O–H groups in total. The number of nitrogens with one attached hydrogen (secondary N) is 1. The lowest BCUT2D eigenvalue weighted by Gasteiger charge is -2.23. The van der Waals surface area contributed by atoms with E-state index in [0.717, 1.165) is 0 Å². The highest BCUT2D eigenvalue weighted by molar-refractivity contribution is 7.95. The van der Waals surface area contributed by atoms with E-state index < -0.39 is 20.7 Å². The van der Waals surface area contributed by atoms with Gasteiger partial charge >= 0.3 is 0 Å². The molecule has 2 aromatic rings. The number of fused-ring (bicyclic) bond motifs is 1. The van der Waals surface area contributed by atoms with Gasteiger partial charge in [-0.1, -0.05) is 11.6 Å². The van der Waals surface area contributed by atoms with E-state index in [9.17, 15) is 13.2 Å². The van der Waals surface area contributed by atoms with Crippen LogP contribution in [0.2, 0.25) is 5.02 Å².